The number of allylic oxidation sites excluding steroid dienone is 4. The van der Waals surface area contributed by atoms with Gasteiger partial charge in [-0.3, -0.25) is 0 Å². The fourth-order valence-electron chi connectivity index (χ4n) is 1.09. The van der Waals surface area contributed by atoms with Crippen LogP contribution in [0.3, 0.4) is 0 Å². The monoisotopic (exact) mass is 166 g/mol. The second kappa shape index (κ2) is 4.49. The lowest BCUT2D eigenvalue weighted by Gasteiger charge is -2.21. The Hall–Kier alpha value is -0.520. The average molecular weight is 166 g/mol. The van der Waals surface area contributed by atoms with Gasteiger partial charge in [0.15, 0.2) is 0 Å². The summed E-state index contributed by atoms with van der Waals surface area (Å²) in [6.45, 7) is 13.3. The van der Waals surface area contributed by atoms with E-state index in [1.807, 2.05) is 0 Å². The highest BCUT2D eigenvalue weighted by molar-refractivity contribution is 5.24. The van der Waals surface area contributed by atoms with Gasteiger partial charge in [-0.25, -0.2) is 0 Å². The second-order valence-corrected chi connectivity index (χ2v) is 4.62. The highest BCUT2D eigenvalue weighted by atomic mass is 14.2. The van der Waals surface area contributed by atoms with Crippen LogP contribution in [0, 0.1) is 11.3 Å². The first-order chi connectivity index (χ1) is 5.38. The van der Waals surface area contributed by atoms with Crippen LogP contribution < -0.4 is 0 Å². The maximum atomic E-state index is 2.33. The number of hydrogen-bond donors (Lipinski definition) is 0. The minimum atomic E-state index is 0.275. The number of rotatable bonds is 2. The van der Waals surface area contributed by atoms with E-state index in [1.165, 1.54) is 5.57 Å². The molecule has 0 aromatic carbocycles. The van der Waals surface area contributed by atoms with Crippen LogP contribution >= 0.6 is 0 Å². The molecule has 0 unspecified atom stereocenters. The van der Waals surface area contributed by atoms with Gasteiger partial charge in [-0.2, -0.15) is 0 Å². The van der Waals surface area contributed by atoms with Crippen molar-refractivity contribution >= 4 is 0 Å². The first kappa shape index (κ1) is 11.5. The lowest BCUT2D eigenvalue weighted by molar-refractivity contribution is 0.511. The molecule has 0 atom stereocenters. The topological polar surface area (TPSA) is 0 Å². The van der Waals surface area contributed by atoms with E-state index in [0.29, 0.717) is 5.92 Å². The molecule has 0 amide bonds. The van der Waals surface area contributed by atoms with Crippen molar-refractivity contribution in [3.63, 3.8) is 0 Å². The lowest BCUT2D eigenvalue weighted by atomic mass is 9.84. The van der Waals surface area contributed by atoms with E-state index in [4.69, 9.17) is 0 Å². The molecule has 70 valence electrons. The summed E-state index contributed by atoms with van der Waals surface area (Å²) in [4.78, 5) is 0. The van der Waals surface area contributed by atoms with Crippen LogP contribution in [0.15, 0.2) is 23.8 Å². The van der Waals surface area contributed by atoms with E-state index < -0.39 is 0 Å². The molecular weight excluding hydrogens is 144 g/mol. The molecule has 0 N–H and O–H groups in total. The van der Waals surface area contributed by atoms with Crippen molar-refractivity contribution in [2.24, 2.45) is 11.3 Å². The minimum absolute atomic E-state index is 0.275. The predicted octanol–water partition coefficient (Wildman–Crippen LogP) is 4.19. The molecule has 0 heterocycles. The van der Waals surface area contributed by atoms with Crippen molar-refractivity contribution in [3.8, 4) is 0 Å². The van der Waals surface area contributed by atoms with Crippen molar-refractivity contribution in [2.45, 2.75) is 41.5 Å². The summed E-state index contributed by atoms with van der Waals surface area (Å²) in [6, 6.07) is 0. The molecule has 0 bridgehead atoms. The Balaban J connectivity index is 4.67. The van der Waals surface area contributed by atoms with Crippen molar-refractivity contribution in [2.75, 3.05) is 0 Å². The van der Waals surface area contributed by atoms with Gasteiger partial charge in [-0.15, -0.1) is 0 Å². The minimum Gasteiger partial charge on any atom is -0.0874 e. The first-order valence-electron chi connectivity index (χ1n) is 4.73. The first-order valence-corrected chi connectivity index (χ1v) is 4.73. The van der Waals surface area contributed by atoms with Crippen molar-refractivity contribution in [1.29, 1.82) is 0 Å². The lowest BCUT2D eigenvalue weighted by Crippen LogP contribution is -2.08. The van der Waals surface area contributed by atoms with E-state index in [1.54, 1.807) is 0 Å². The molecule has 0 aromatic heterocycles. The van der Waals surface area contributed by atoms with Gasteiger partial charge in [-0.1, -0.05) is 52.8 Å². The summed E-state index contributed by atoms with van der Waals surface area (Å²) >= 11 is 0. The summed E-state index contributed by atoms with van der Waals surface area (Å²) in [5.74, 6) is 0.635. The fourth-order valence-corrected chi connectivity index (χ4v) is 1.09. The SMILES string of the molecule is C/C=C\C(=C/C(C)C)C(C)(C)C. The van der Waals surface area contributed by atoms with Crippen LogP contribution in [0.2, 0.25) is 0 Å². The van der Waals surface area contributed by atoms with Crippen molar-refractivity contribution in [3.05, 3.63) is 23.8 Å². The molecule has 0 aliphatic heterocycles. The van der Waals surface area contributed by atoms with Crippen LogP contribution in [0.4, 0.5) is 0 Å². The van der Waals surface area contributed by atoms with E-state index in [0.717, 1.165) is 0 Å². The summed E-state index contributed by atoms with van der Waals surface area (Å²) in [6.07, 6.45) is 6.65. The zero-order chi connectivity index (χ0) is 9.78. The van der Waals surface area contributed by atoms with E-state index in [-0.39, 0.29) is 5.41 Å². The second-order valence-electron chi connectivity index (χ2n) is 4.62. The number of hydrogen-bond acceptors (Lipinski definition) is 0. The Kier molecular flexibility index (Phi) is 4.30. The third-order valence-corrected chi connectivity index (χ3v) is 1.73. The van der Waals surface area contributed by atoms with Gasteiger partial charge in [0.2, 0.25) is 0 Å². The maximum absolute atomic E-state index is 2.33. The molecule has 0 heteroatoms. The van der Waals surface area contributed by atoms with Gasteiger partial charge in [-0.05, 0) is 23.8 Å². The molecule has 0 nitrogen and oxygen atoms in total. The third kappa shape index (κ3) is 4.38. The normalized spacial score (nSPS) is 14.8. The van der Waals surface area contributed by atoms with Gasteiger partial charge in [0.05, 0.1) is 0 Å². The maximum Gasteiger partial charge on any atom is -0.0135 e. The highest BCUT2D eigenvalue weighted by Crippen LogP contribution is 2.27. The molecule has 0 aliphatic carbocycles. The average Bonchev–Trinajstić information content (AvgIpc) is 1.83. The third-order valence-electron chi connectivity index (χ3n) is 1.73. The Morgan fingerprint density at radius 3 is 1.92 bits per heavy atom. The quantitative estimate of drug-likeness (QED) is 0.539. The van der Waals surface area contributed by atoms with Crippen LogP contribution in [-0.2, 0) is 0 Å². The summed E-state index contributed by atoms with van der Waals surface area (Å²) in [5.41, 5.74) is 1.71. The Labute approximate surface area is 77.4 Å². The summed E-state index contributed by atoms with van der Waals surface area (Å²) in [5, 5.41) is 0. The summed E-state index contributed by atoms with van der Waals surface area (Å²) in [7, 11) is 0. The Morgan fingerprint density at radius 1 is 1.17 bits per heavy atom. The zero-order valence-electron chi connectivity index (χ0n) is 9.31. The van der Waals surface area contributed by atoms with Gasteiger partial charge in [0, 0.05) is 0 Å². The molecule has 0 saturated carbocycles. The smallest absolute Gasteiger partial charge is 0.0135 e. The van der Waals surface area contributed by atoms with Gasteiger partial charge in [0.25, 0.3) is 0 Å². The molecular formula is C12H22. The molecule has 0 fully saturated rings. The standard InChI is InChI=1S/C12H22/c1-7-8-11(9-10(2)3)12(4,5)6/h7-10H,1-6H3/b8-7-,11-9+. The molecule has 0 saturated heterocycles. The predicted molar refractivity (Wildman–Crippen MR) is 57.2 cm³/mol. The van der Waals surface area contributed by atoms with E-state index in [9.17, 15) is 0 Å². The summed E-state index contributed by atoms with van der Waals surface area (Å²) < 4.78 is 0. The Bertz CT molecular complexity index is 175. The van der Waals surface area contributed by atoms with Crippen molar-refractivity contribution in [1.82, 2.24) is 0 Å². The van der Waals surface area contributed by atoms with Crippen LogP contribution in [-0.4, -0.2) is 0 Å². The van der Waals surface area contributed by atoms with Gasteiger partial charge < -0.3 is 0 Å². The molecule has 12 heavy (non-hydrogen) atoms. The zero-order valence-corrected chi connectivity index (χ0v) is 9.31. The van der Waals surface area contributed by atoms with E-state index in [2.05, 4.69) is 59.8 Å². The van der Waals surface area contributed by atoms with Gasteiger partial charge in [0.1, 0.15) is 0 Å². The molecule has 0 aliphatic rings. The highest BCUT2D eigenvalue weighted by Gasteiger charge is 2.14. The Morgan fingerprint density at radius 2 is 1.67 bits per heavy atom. The molecule has 0 aromatic rings. The van der Waals surface area contributed by atoms with Crippen LogP contribution in [0.5, 0.6) is 0 Å². The largest absolute Gasteiger partial charge is 0.0874 e. The van der Waals surface area contributed by atoms with Crippen LogP contribution in [0.1, 0.15) is 41.5 Å². The molecule has 0 spiro atoms. The van der Waals surface area contributed by atoms with Gasteiger partial charge >= 0.3 is 0 Å². The fraction of sp³-hybridized carbons (Fsp3) is 0.667. The molecule has 0 rings (SSSR count). The van der Waals surface area contributed by atoms with Crippen LogP contribution in [0.25, 0.3) is 0 Å². The molecule has 0 radical (unpaired) electrons. The van der Waals surface area contributed by atoms with E-state index >= 15 is 0 Å². The van der Waals surface area contributed by atoms with Crippen molar-refractivity contribution < 1.29 is 0 Å².